The first-order valence-electron chi connectivity index (χ1n) is 9.56. The van der Waals surface area contributed by atoms with Crippen molar-refractivity contribution in [2.75, 3.05) is 6.61 Å². The molecule has 29 heavy (non-hydrogen) atoms. The fourth-order valence-corrected chi connectivity index (χ4v) is 3.96. The van der Waals surface area contributed by atoms with E-state index in [1.54, 1.807) is 24.1 Å². The molecule has 0 unspecified atom stereocenters. The van der Waals surface area contributed by atoms with E-state index in [9.17, 15) is 14.7 Å². The predicted molar refractivity (Wildman–Crippen MR) is 107 cm³/mol. The Balaban J connectivity index is 1.44. The number of carboxylic acid groups (broad SMARTS) is 1. The molecular weight excluding hydrogens is 368 g/mol. The van der Waals surface area contributed by atoms with Crippen LogP contribution in [0.2, 0.25) is 0 Å². The number of hydrogen-bond acceptors (Lipinski definition) is 4. The molecule has 0 aliphatic heterocycles. The van der Waals surface area contributed by atoms with Gasteiger partial charge in [-0.1, -0.05) is 48.5 Å². The van der Waals surface area contributed by atoms with Gasteiger partial charge in [0.2, 0.25) is 0 Å². The van der Waals surface area contributed by atoms with Gasteiger partial charge in [-0.25, -0.2) is 4.98 Å². The van der Waals surface area contributed by atoms with Gasteiger partial charge in [-0.2, -0.15) is 0 Å². The van der Waals surface area contributed by atoms with Crippen LogP contribution in [0.4, 0.5) is 0 Å². The second-order valence-corrected chi connectivity index (χ2v) is 7.35. The minimum Gasteiger partial charge on any atom is -0.481 e. The number of hydrogen-bond donors (Lipinski definition) is 1. The van der Waals surface area contributed by atoms with Crippen LogP contribution in [0.3, 0.4) is 0 Å². The van der Waals surface area contributed by atoms with Crippen molar-refractivity contribution in [3.05, 3.63) is 77.9 Å². The molecule has 1 heterocycles. The third-order valence-corrected chi connectivity index (χ3v) is 5.51. The molecule has 148 valence electrons. The SMILES string of the molecule is Cn1cncc1C[C@H](CC(=O)OCC1c2ccccc2-c2ccccc21)C(=O)O. The molecule has 0 bridgehead atoms. The normalized spacial score (nSPS) is 13.6. The number of nitrogens with zero attached hydrogens (tertiary/aromatic N) is 2. The molecule has 1 atom stereocenters. The topological polar surface area (TPSA) is 81.4 Å². The second-order valence-electron chi connectivity index (χ2n) is 7.35. The van der Waals surface area contributed by atoms with Crippen molar-refractivity contribution >= 4 is 11.9 Å². The van der Waals surface area contributed by atoms with Gasteiger partial charge in [-0.05, 0) is 22.3 Å². The highest BCUT2D eigenvalue weighted by Gasteiger charge is 2.30. The van der Waals surface area contributed by atoms with E-state index in [0.717, 1.165) is 27.9 Å². The summed E-state index contributed by atoms with van der Waals surface area (Å²) in [6.07, 6.45) is 3.29. The molecule has 1 aromatic heterocycles. The Morgan fingerprint density at radius 3 is 2.28 bits per heavy atom. The number of ether oxygens (including phenoxy) is 1. The Hall–Kier alpha value is -3.41. The molecule has 0 radical (unpaired) electrons. The zero-order valence-electron chi connectivity index (χ0n) is 16.1. The van der Waals surface area contributed by atoms with E-state index in [4.69, 9.17) is 4.74 Å². The minimum absolute atomic E-state index is 0.0355. The van der Waals surface area contributed by atoms with Crippen molar-refractivity contribution in [1.82, 2.24) is 9.55 Å². The fraction of sp³-hybridized carbons (Fsp3) is 0.261. The standard InChI is InChI=1S/C23H22N2O4/c1-25-14-24-12-16(25)10-15(23(27)28)11-22(26)29-13-21-19-8-4-2-6-17(19)18-7-3-5-9-20(18)21/h2-9,12,14-15,21H,10-11,13H2,1H3,(H,27,28)/t15-/m1/s1. The molecular formula is C23H22N2O4. The molecule has 6 heteroatoms. The maximum Gasteiger partial charge on any atom is 0.307 e. The van der Waals surface area contributed by atoms with Gasteiger partial charge in [-0.3, -0.25) is 9.59 Å². The van der Waals surface area contributed by atoms with Gasteiger partial charge in [0.1, 0.15) is 6.61 Å². The van der Waals surface area contributed by atoms with Gasteiger partial charge in [0, 0.05) is 31.3 Å². The molecule has 1 aliphatic carbocycles. The molecule has 0 fully saturated rings. The number of benzene rings is 2. The van der Waals surface area contributed by atoms with Crippen LogP contribution in [0.1, 0.15) is 29.2 Å². The smallest absolute Gasteiger partial charge is 0.307 e. The van der Waals surface area contributed by atoms with E-state index >= 15 is 0 Å². The molecule has 0 amide bonds. The number of carboxylic acids is 1. The lowest BCUT2D eigenvalue weighted by Crippen LogP contribution is -2.23. The van der Waals surface area contributed by atoms with Crippen LogP contribution in [0.25, 0.3) is 11.1 Å². The first-order chi connectivity index (χ1) is 14.0. The van der Waals surface area contributed by atoms with E-state index < -0.39 is 17.9 Å². The third kappa shape index (κ3) is 3.78. The van der Waals surface area contributed by atoms with Crippen LogP contribution in [0.5, 0.6) is 0 Å². The zero-order chi connectivity index (χ0) is 20.4. The average molecular weight is 390 g/mol. The Bertz CT molecular complexity index is 1010. The van der Waals surface area contributed by atoms with Gasteiger partial charge in [0.15, 0.2) is 0 Å². The summed E-state index contributed by atoms with van der Waals surface area (Å²) < 4.78 is 7.30. The molecule has 0 saturated carbocycles. The molecule has 1 N–H and O–H groups in total. The number of esters is 1. The Labute approximate surface area is 168 Å². The third-order valence-electron chi connectivity index (χ3n) is 5.51. The first-order valence-corrected chi connectivity index (χ1v) is 9.56. The molecule has 4 rings (SSSR count). The van der Waals surface area contributed by atoms with Crippen molar-refractivity contribution in [3.8, 4) is 11.1 Å². The van der Waals surface area contributed by atoms with E-state index in [1.165, 1.54) is 0 Å². The van der Waals surface area contributed by atoms with Crippen LogP contribution in [-0.4, -0.2) is 33.2 Å². The summed E-state index contributed by atoms with van der Waals surface area (Å²) in [6, 6.07) is 16.2. The molecule has 2 aromatic carbocycles. The lowest BCUT2D eigenvalue weighted by Gasteiger charge is -2.16. The van der Waals surface area contributed by atoms with E-state index in [0.29, 0.717) is 0 Å². The zero-order valence-corrected chi connectivity index (χ0v) is 16.1. The van der Waals surface area contributed by atoms with Crippen molar-refractivity contribution in [1.29, 1.82) is 0 Å². The maximum atomic E-state index is 12.4. The van der Waals surface area contributed by atoms with E-state index in [1.807, 2.05) is 24.3 Å². The lowest BCUT2D eigenvalue weighted by molar-refractivity contribution is -0.151. The number of aromatic nitrogens is 2. The number of fused-ring (bicyclic) bond motifs is 3. The summed E-state index contributed by atoms with van der Waals surface area (Å²) in [5.41, 5.74) is 5.34. The first kappa shape index (κ1) is 18.9. The number of imidazole rings is 1. The summed E-state index contributed by atoms with van der Waals surface area (Å²) >= 11 is 0. The summed E-state index contributed by atoms with van der Waals surface area (Å²) in [4.78, 5) is 28.1. The monoisotopic (exact) mass is 390 g/mol. The van der Waals surface area contributed by atoms with Gasteiger partial charge >= 0.3 is 11.9 Å². The summed E-state index contributed by atoms with van der Waals surface area (Å²) in [5, 5.41) is 9.51. The van der Waals surface area contributed by atoms with Crippen LogP contribution in [0.15, 0.2) is 61.1 Å². The van der Waals surface area contributed by atoms with Crippen molar-refractivity contribution in [2.45, 2.75) is 18.8 Å². The highest BCUT2D eigenvalue weighted by molar-refractivity contribution is 5.80. The minimum atomic E-state index is -1.01. The average Bonchev–Trinajstić information content (AvgIpc) is 3.27. The Morgan fingerprint density at radius 1 is 1.10 bits per heavy atom. The van der Waals surface area contributed by atoms with E-state index in [2.05, 4.69) is 29.2 Å². The Morgan fingerprint density at radius 2 is 1.72 bits per heavy atom. The van der Waals surface area contributed by atoms with Crippen LogP contribution < -0.4 is 0 Å². The van der Waals surface area contributed by atoms with Gasteiger partial charge < -0.3 is 14.4 Å². The fourth-order valence-electron chi connectivity index (χ4n) is 3.96. The van der Waals surface area contributed by atoms with Crippen LogP contribution in [-0.2, 0) is 27.8 Å². The summed E-state index contributed by atoms with van der Waals surface area (Å²) in [7, 11) is 1.80. The van der Waals surface area contributed by atoms with E-state index in [-0.39, 0.29) is 25.4 Å². The quantitative estimate of drug-likeness (QED) is 0.625. The molecule has 1 aliphatic rings. The number of aryl methyl sites for hydroxylation is 1. The van der Waals surface area contributed by atoms with Crippen molar-refractivity contribution in [3.63, 3.8) is 0 Å². The molecule has 3 aromatic rings. The number of rotatable bonds is 7. The molecule has 0 spiro atoms. The molecule has 6 nitrogen and oxygen atoms in total. The van der Waals surface area contributed by atoms with Crippen LogP contribution >= 0.6 is 0 Å². The maximum absolute atomic E-state index is 12.4. The molecule has 0 saturated heterocycles. The van der Waals surface area contributed by atoms with Gasteiger partial charge in [-0.15, -0.1) is 0 Å². The highest BCUT2D eigenvalue weighted by Crippen LogP contribution is 2.44. The Kier molecular flexibility index (Phi) is 5.16. The predicted octanol–water partition coefficient (Wildman–Crippen LogP) is 3.41. The van der Waals surface area contributed by atoms with Crippen molar-refractivity contribution in [2.24, 2.45) is 13.0 Å². The second kappa shape index (κ2) is 7.91. The number of carbonyl (C=O) groups excluding carboxylic acids is 1. The van der Waals surface area contributed by atoms with Gasteiger partial charge in [0.25, 0.3) is 0 Å². The summed E-state index contributed by atoms with van der Waals surface area (Å²) in [5.74, 6) is -2.39. The van der Waals surface area contributed by atoms with Crippen LogP contribution in [0, 0.1) is 5.92 Å². The largest absolute Gasteiger partial charge is 0.481 e. The van der Waals surface area contributed by atoms with Crippen molar-refractivity contribution < 1.29 is 19.4 Å². The number of aliphatic carboxylic acids is 1. The summed E-state index contributed by atoms with van der Waals surface area (Å²) in [6.45, 7) is 0.199. The van der Waals surface area contributed by atoms with Gasteiger partial charge in [0.05, 0.1) is 18.7 Å². The highest BCUT2D eigenvalue weighted by atomic mass is 16.5. The lowest BCUT2D eigenvalue weighted by atomic mass is 9.97. The number of carbonyl (C=O) groups is 2.